The molecule has 28 heavy (non-hydrogen) atoms. The highest BCUT2D eigenvalue weighted by Crippen LogP contribution is 2.33. The Morgan fingerprint density at radius 3 is 2.68 bits per heavy atom. The quantitative estimate of drug-likeness (QED) is 0.858. The van der Waals surface area contributed by atoms with Gasteiger partial charge < -0.3 is 19.4 Å². The van der Waals surface area contributed by atoms with Crippen molar-refractivity contribution in [2.24, 2.45) is 0 Å². The molecule has 2 aliphatic rings. The van der Waals surface area contributed by atoms with Crippen LogP contribution in [0, 0.1) is 0 Å². The van der Waals surface area contributed by atoms with Crippen LogP contribution in [0.1, 0.15) is 31.6 Å². The molecule has 7 heteroatoms. The third-order valence-corrected chi connectivity index (χ3v) is 5.37. The number of anilines is 1. The summed E-state index contributed by atoms with van der Waals surface area (Å²) < 4.78 is 11.5. The van der Waals surface area contributed by atoms with E-state index >= 15 is 0 Å². The highest BCUT2D eigenvalue weighted by Gasteiger charge is 2.33. The van der Waals surface area contributed by atoms with Crippen LogP contribution < -0.4 is 15.0 Å². The maximum absolute atomic E-state index is 12.8. The molecule has 1 aromatic heterocycles. The number of nitrogens with zero attached hydrogens (tertiary/aromatic N) is 2. The summed E-state index contributed by atoms with van der Waals surface area (Å²) in [5, 5.41) is 3.00. The SMILES string of the molecule is CC(=O)N1C[C@H](C(=O)NC[C@H](c2ccco2)N2CCCC2)Oc2ccccc21. The van der Waals surface area contributed by atoms with Crippen LogP contribution in [0.2, 0.25) is 0 Å². The summed E-state index contributed by atoms with van der Waals surface area (Å²) in [6.07, 6.45) is 3.23. The standard InChI is InChI=1S/C21H25N3O4/c1-15(25)24-14-20(28-19-8-3-2-7-16(19)24)21(26)22-13-17(18-9-6-12-27-18)23-10-4-5-11-23/h2-3,6-9,12,17,20H,4-5,10-11,13-14H2,1H3,(H,22,26)/t17-,20-/m1/s1. The number of hydrogen-bond donors (Lipinski definition) is 1. The number of amides is 2. The van der Waals surface area contributed by atoms with Crippen molar-refractivity contribution in [1.82, 2.24) is 10.2 Å². The normalized spacial score (nSPS) is 20.3. The van der Waals surface area contributed by atoms with Crippen LogP contribution in [-0.4, -0.2) is 49.0 Å². The number of benzene rings is 1. The van der Waals surface area contributed by atoms with E-state index in [1.165, 1.54) is 6.92 Å². The predicted molar refractivity (Wildman–Crippen MR) is 104 cm³/mol. The van der Waals surface area contributed by atoms with Crippen LogP contribution in [0.4, 0.5) is 5.69 Å². The smallest absolute Gasteiger partial charge is 0.263 e. The molecule has 1 N–H and O–H groups in total. The van der Waals surface area contributed by atoms with Gasteiger partial charge in [0.05, 0.1) is 24.5 Å². The Balaban J connectivity index is 1.45. The van der Waals surface area contributed by atoms with Gasteiger partial charge in [-0.05, 0) is 50.2 Å². The molecule has 3 heterocycles. The monoisotopic (exact) mass is 383 g/mol. The first-order valence-electron chi connectivity index (χ1n) is 9.72. The summed E-state index contributed by atoms with van der Waals surface area (Å²) in [6, 6.07) is 11.1. The largest absolute Gasteiger partial charge is 0.477 e. The average molecular weight is 383 g/mol. The maximum atomic E-state index is 12.8. The summed E-state index contributed by atoms with van der Waals surface area (Å²) in [5.74, 6) is 1.06. The van der Waals surface area contributed by atoms with Gasteiger partial charge >= 0.3 is 0 Å². The molecular weight excluding hydrogens is 358 g/mol. The van der Waals surface area contributed by atoms with Crippen molar-refractivity contribution in [2.75, 3.05) is 31.1 Å². The number of carbonyl (C=O) groups excluding carboxylic acids is 2. The maximum Gasteiger partial charge on any atom is 0.263 e. The summed E-state index contributed by atoms with van der Waals surface area (Å²) >= 11 is 0. The van der Waals surface area contributed by atoms with Crippen molar-refractivity contribution in [1.29, 1.82) is 0 Å². The van der Waals surface area contributed by atoms with Crippen LogP contribution in [-0.2, 0) is 9.59 Å². The molecular formula is C21H25N3O4. The molecule has 2 atom stereocenters. The number of fused-ring (bicyclic) bond motifs is 1. The van der Waals surface area contributed by atoms with Gasteiger partial charge in [0.25, 0.3) is 5.91 Å². The minimum atomic E-state index is -0.741. The van der Waals surface area contributed by atoms with Crippen molar-refractivity contribution in [3.63, 3.8) is 0 Å². The molecule has 1 saturated heterocycles. The lowest BCUT2D eigenvalue weighted by atomic mass is 10.1. The zero-order chi connectivity index (χ0) is 19.5. The highest BCUT2D eigenvalue weighted by atomic mass is 16.5. The molecule has 0 aliphatic carbocycles. The molecule has 7 nitrogen and oxygen atoms in total. The number of likely N-dealkylation sites (tertiary alicyclic amines) is 1. The Morgan fingerprint density at radius 2 is 1.96 bits per heavy atom. The molecule has 0 saturated carbocycles. The Bertz CT molecular complexity index is 830. The second-order valence-corrected chi connectivity index (χ2v) is 7.22. The summed E-state index contributed by atoms with van der Waals surface area (Å²) in [5.41, 5.74) is 0.699. The fraction of sp³-hybridized carbons (Fsp3) is 0.429. The molecule has 0 spiro atoms. The number of rotatable bonds is 5. The van der Waals surface area contributed by atoms with Crippen LogP contribution in [0.15, 0.2) is 47.1 Å². The first-order valence-corrected chi connectivity index (χ1v) is 9.72. The number of nitrogens with one attached hydrogen (secondary N) is 1. The first-order chi connectivity index (χ1) is 13.6. The van der Waals surface area contributed by atoms with E-state index in [0.717, 1.165) is 31.7 Å². The van der Waals surface area contributed by atoms with E-state index in [4.69, 9.17) is 9.15 Å². The van der Waals surface area contributed by atoms with E-state index in [-0.39, 0.29) is 24.4 Å². The van der Waals surface area contributed by atoms with Gasteiger partial charge in [0.1, 0.15) is 11.5 Å². The number of furan rings is 1. The van der Waals surface area contributed by atoms with Gasteiger partial charge in [-0.15, -0.1) is 0 Å². The molecule has 0 radical (unpaired) electrons. The molecule has 1 fully saturated rings. The van der Waals surface area contributed by atoms with Crippen molar-refractivity contribution in [2.45, 2.75) is 31.9 Å². The number of carbonyl (C=O) groups is 2. The molecule has 2 aliphatic heterocycles. The highest BCUT2D eigenvalue weighted by molar-refractivity contribution is 5.95. The van der Waals surface area contributed by atoms with Gasteiger partial charge in [0.2, 0.25) is 5.91 Å². The molecule has 0 bridgehead atoms. The van der Waals surface area contributed by atoms with E-state index in [9.17, 15) is 9.59 Å². The van der Waals surface area contributed by atoms with Gasteiger partial charge in [0.15, 0.2) is 6.10 Å². The van der Waals surface area contributed by atoms with E-state index in [0.29, 0.717) is 18.0 Å². The molecule has 1 aromatic carbocycles. The van der Waals surface area contributed by atoms with E-state index in [2.05, 4.69) is 10.2 Å². The number of para-hydroxylation sites is 2. The molecule has 4 rings (SSSR count). The van der Waals surface area contributed by atoms with Gasteiger partial charge in [0, 0.05) is 13.5 Å². The fourth-order valence-electron chi connectivity index (χ4n) is 3.92. The van der Waals surface area contributed by atoms with Gasteiger partial charge in [-0.1, -0.05) is 12.1 Å². The average Bonchev–Trinajstić information content (AvgIpc) is 3.41. The zero-order valence-electron chi connectivity index (χ0n) is 16.0. The summed E-state index contributed by atoms with van der Waals surface area (Å²) in [7, 11) is 0. The third-order valence-electron chi connectivity index (χ3n) is 5.37. The predicted octanol–water partition coefficient (Wildman–Crippen LogP) is 2.35. The lowest BCUT2D eigenvalue weighted by Gasteiger charge is -2.34. The minimum Gasteiger partial charge on any atom is -0.477 e. The number of hydrogen-bond acceptors (Lipinski definition) is 5. The second-order valence-electron chi connectivity index (χ2n) is 7.22. The lowest BCUT2D eigenvalue weighted by molar-refractivity contribution is -0.128. The fourth-order valence-corrected chi connectivity index (χ4v) is 3.92. The Morgan fingerprint density at radius 1 is 1.18 bits per heavy atom. The van der Waals surface area contributed by atoms with Crippen molar-refractivity contribution < 1.29 is 18.7 Å². The Hall–Kier alpha value is -2.80. The van der Waals surface area contributed by atoms with Crippen LogP contribution in [0.3, 0.4) is 0 Å². The van der Waals surface area contributed by atoms with Crippen LogP contribution in [0.25, 0.3) is 0 Å². The van der Waals surface area contributed by atoms with E-state index in [1.54, 1.807) is 17.2 Å². The van der Waals surface area contributed by atoms with Crippen molar-refractivity contribution in [3.8, 4) is 5.75 Å². The number of ether oxygens (including phenoxy) is 1. The van der Waals surface area contributed by atoms with Crippen LogP contribution >= 0.6 is 0 Å². The summed E-state index contributed by atoms with van der Waals surface area (Å²) in [6.45, 7) is 4.12. The van der Waals surface area contributed by atoms with Gasteiger partial charge in [-0.25, -0.2) is 0 Å². The second kappa shape index (κ2) is 8.06. The Kier molecular flexibility index (Phi) is 5.34. The van der Waals surface area contributed by atoms with Crippen molar-refractivity contribution >= 4 is 17.5 Å². The van der Waals surface area contributed by atoms with Gasteiger partial charge in [-0.3, -0.25) is 14.5 Å². The van der Waals surface area contributed by atoms with E-state index < -0.39 is 6.10 Å². The van der Waals surface area contributed by atoms with E-state index in [1.807, 2.05) is 30.3 Å². The zero-order valence-corrected chi connectivity index (χ0v) is 16.0. The first kappa shape index (κ1) is 18.6. The summed E-state index contributed by atoms with van der Waals surface area (Å²) in [4.78, 5) is 28.8. The molecule has 2 amide bonds. The van der Waals surface area contributed by atoms with Crippen LogP contribution in [0.5, 0.6) is 5.75 Å². The topological polar surface area (TPSA) is 75.0 Å². The van der Waals surface area contributed by atoms with Gasteiger partial charge in [-0.2, -0.15) is 0 Å². The molecule has 0 unspecified atom stereocenters. The third kappa shape index (κ3) is 3.75. The minimum absolute atomic E-state index is 0.00115. The molecule has 2 aromatic rings. The van der Waals surface area contributed by atoms with Crippen molar-refractivity contribution in [3.05, 3.63) is 48.4 Å². The molecule has 148 valence electrons. The Labute approximate surface area is 164 Å². The lowest BCUT2D eigenvalue weighted by Crippen LogP contribution is -2.51.